The van der Waals surface area contributed by atoms with Gasteiger partial charge in [-0.1, -0.05) is 25.0 Å². The average molecular weight is 234 g/mol. The molecule has 2 rings (SSSR count). The van der Waals surface area contributed by atoms with Crippen LogP contribution >= 0.6 is 0 Å². The van der Waals surface area contributed by atoms with E-state index in [1.54, 1.807) is 19.2 Å². The van der Waals surface area contributed by atoms with Crippen molar-refractivity contribution >= 4 is 5.97 Å². The average Bonchev–Trinajstić information content (AvgIpc) is 2.79. The van der Waals surface area contributed by atoms with Crippen LogP contribution in [0.3, 0.4) is 0 Å². The van der Waals surface area contributed by atoms with Crippen molar-refractivity contribution in [1.29, 1.82) is 0 Å². The Balaban J connectivity index is 2.27. The fourth-order valence-electron chi connectivity index (χ4n) is 2.81. The van der Waals surface area contributed by atoms with Crippen molar-refractivity contribution in [3.8, 4) is 0 Å². The molecule has 3 nitrogen and oxygen atoms in total. The highest BCUT2D eigenvalue weighted by molar-refractivity contribution is 5.87. The first-order valence-electron chi connectivity index (χ1n) is 6.01. The molecule has 92 valence electrons. The van der Waals surface area contributed by atoms with Crippen LogP contribution in [0.5, 0.6) is 0 Å². The van der Waals surface area contributed by atoms with Crippen LogP contribution in [0, 0.1) is 0 Å². The Morgan fingerprint density at radius 3 is 2.35 bits per heavy atom. The van der Waals surface area contributed by atoms with Gasteiger partial charge in [-0.3, -0.25) is 0 Å². The molecule has 1 aliphatic rings. The Hall–Kier alpha value is -1.35. The highest BCUT2D eigenvalue weighted by atomic mass is 16.5. The van der Waals surface area contributed by atoms with Gasteiger partial charge in [0.1, 0.15) is 0 Å². The first-order valence-corrected chi connectivity index (χ1v) is 6.01. The summed E-state index contributed by atoms with van der Waals surface area (Å²) in [7, 11) is 1.73. The molecular formula is C14H18O3. The number of carboxylic acids is 1. The van der Waals surface area contributed by atoms with Gasteiger partial charge in [-0.2, -0.15) is 0 Å². The monoisotopic (exact) mass is 234 g/mol. The number of ether oxygens (including phenoxy) is 1. The second kappa shape index (κ2) is 4.88. The summed E-state index contributed by atoms with van der Waals surface area (Å²) >= 11 is 0. The van der Waals surface area contributed by atoms with Gasteiger partial charge in [-0.15, -0.1) is 0 Å². The zero-order chi connectivity index (χ0) is 12.3. The van der Waals surface area contributed by atoms with Gasteiger partial charge in [0.05, 0.1) is 12.2 Å². The molecule has 0 spiro atoms. The first kappa shape index (κ1) is 12.1. The Kier molecular flexibility index (Phi) is 3.48. The molecule has 0 heterocycles. The topological polar surface area (TPSA) is 46.5 Å². The van der Waals surface area contributed by atoms with E-state index in [1.165, 1.54) is 18.4 Å². The summed E-state index contributed by atoms with van der Waals surface area (Å²) in [6.07, 6.45) is 4.72. The molecule has 1 aromatic rings. The predicted molar refractivity (Wildman–Crippen MR) is 65.4 cm³/mol. The van der Waals surface area contributed by atoms with Gasteiger partial charge in [0.2, 0.25) is 0 Å². The zero-order valence-electron chi connectivity index (χ0n) is 10.1. The molecule has 3 heteroatoms. The number of benzene rings is 1. The van der Waals surface area contributed by atoms with E-state index in [2.05, 4.69) is 0 Å². The molecule has 0 amide bonds. The van der Waals surface area contributed by atoms with Gasteiger partial charge < -0.3 is 9.84 Å². The Bertz CT molecular complexity index is 388. The van der Waals surface area contributed by atoms with E-state index >= 15 is 0 Å². The molecular weight excluding hydrogens is 216 g/mol. The van der Waals surface area contributed by atoms with E-state index in [0.29, 0.717) is 5.56 Å². The molecule has 17 heavy (non-hydrogen) atoms. The molecule has 0 radical (unpaired) electrons. The van der Waals surface area contributed by atoms with Gasteiger partial charge in [-0.05, 0) is 30.5 Å². The molecule has 1 N–H and O–H groups in total. The first-order chi connectivity index (χ1) is 8.18. The summed E-state index contributed by atoms with van der Waals surface area (Å²) in [5, 5.41) is 8.88. The van der Waals surface area contributed by atoms with Crippen molar-refractivity contribution in [2.75, 3.05) is 13.7 Å². The predicted octanol–water partition coefficient (Wildman–Crippen LogP) is 2.84. The summed E-state index contributed by atoms with van der Waals surface area (Å²) in [6.45, 7) is 0.722. The maximum atomic E-state index is 10.8. The third kappa shape index (κ3) is 2.34. The van der Waals surface area contributed by atoms with Gasteiger partial charge >= 0.3 is 5.97 Å². The second-order valence-electron chi connectivity index (χ2n) is 4.80. The Labute approximate surface area is 101 Å². The largest absolute Gasteiger partial charge is 0.478 e. The molecule has 0 atom stereocenters. The van der Waals surface area contributed by atoms with Crippen LogP contribution in [0.2, 0.25) is 0 Å². The minimum atomic E-state index is -0.872. The van der Waals surface area contributed by atoms with Gasteiger partial charge in [0.15, 0.2) is 0 Å². The summed E-state index contributed by atoms with van der Waals surface area (Å²) in [6, 6.07) is 7.25. The molecule has 1 aliphatic carbocycles. The van der Waals surface area contributed by atoms with Crippen LogP contribution < -0.4 is 0 Å². The quantitative estimate of drug-likeness (QED) is 0.871. The lowest BCUT2D eigenvalue weighted by Gasteiger charge is -2.28. The molecule has 0 unspecified atom stereocenters. The Morgan fingerprint density at radius 2 is 1.88 bits per heavy atom. The van der Waals surface area contributed by atoms with E-state index in [-0.39, 0.29) is 5.41 Å². The molecule has 1 saturated carbocycles. The van der Waals surface area contributed by atoms with Gasteiger partial charge in [0.25, 0.3) is 0 Å². The number of hydrogen-bond acceptors (Lipinski definition) is 2. The van der Waals surface area contributed by atoms with Crippen molar-refractivity contribution in [2.45, 2.75) is 31.1 Å². The van der Waals surface area contributed by atoms with Crippen LogP contribution in [0.15, 0.2) is 24.3 Å². The van der Waals surface area contributed by atoms with Crippen LogP contribution in [0.4, 0.5) is 0 Å². The summed E-state index contributed by atoms with van der Waals surface area (Å²) < 4.78 is 5.34. The van der Waals surface area contributed by atoms with Crippen LogP contribution in [0.25, 0.3) is 0 Å². The van der Waals surface area contributed by atoms with Gasteiger partial charge in [-0.25, -0.2) is 4.79 Å². The summed E-state index contributed by atoms with van der Waals surface area (Å²) in [5.41, 5.74) is 1.66. The van der Waals surface area contributed by atoms with Gasteiger partial charge in [0, 0.05) is 12.5 Å². The van der Waals surface area contributed by atoms with Crippen molar-refractivity contribution in [1.82, 2.24) is 0 Å². The highest BCUT2D eigenvalue weighted by Crippen LogP contribution is 2.41. The molecule has 1 aromatic carbocycles. The lowest BCUT2D eigenvalue weighted by molar-refractivity contribution is 0.0697. The normalized spacial score (nSPS) is 18.2. The van der Waals surface area contributed by atoms with E-state index < -0.39 is 5.97 Å². The summed E-state index contributed by atoms with van der Waals surface area (Å²) in [4.78, 5) is 10.8. The second-order valence-corrected chi connectivity index (χ2v) is 4.80. The number of methoxy groups -OCH3 is 1. The molecule has 1 fully saturated rings. The van der Waals surface area contributed by atoms with Crippen LogP contribution in [-0.4, -0.2) is 24.8 Å². The fourth-order valence-corrected chi connectivity index (χ4v) is 2.81. The number of aromatic carboxylic acids is 1. The smallest absolute Gasteiger partial charge is 0.335 e. The molecule has 0 bridgehead atoms. The van der Waals surface area contributed by atoms with E-state index in [9.17, 15) is 4.79 Å². The number of carbonyl (C=O) groups is 1. The van der Waals surface area contributed by atoms with Crippen molar-refractivity contribution in [3.05, 3.63) is 35.4 Å². The maximum Gasteiger partial charge on any atom is 0.335 e. The molecule has 0 aliphatic heterocycles. The third-order valence-corrected chi connectivity index (χ3v) is 3.73. The van der Waals surface area contributed by atoms with Crippen LogP contribution in [0.1, 0.15) is 41.6 Å². The van der Waals surface area contributed by atoms with Crippen molar-refractivity contribution in [2.24, 2.45) is 0 Å². The number of hydrogen-bond donors (Lipinski definition) is 1. The minimum absolute atomic E-state index is 0.103. The van der Waals surface area contributed by atoms with E-state index in [4.69, 9.17) is 9.84 Å². The number of rotatable bonds is 4. The lowest BCUT2D eigenvalue weighted by Crippen LogP contribution is -2.28. The zero-order valence-corrected chi connectivity index (χ0v) is 10.1. The van der Waals surface area contributed by atoms with Crippen molar-refractivity contribution < 1.29 is 14.6 Å². The molecule has 0 aromatic heterocycles. The SMILES string of the molecule is COCC1(c2ccc(C(=O)O)cc2)CCCC1. The number of carboxylic acid groups (broad SMARTS) is 1. The van der Waals surface area contributed by atoms with E-state index in [1.807, 2.05) is 12.1 Å². The Morgan fingerprint density at radius 1 is 1.29 bits per heavy atom. The standard InChI is InChI=1S/C14H18O3/c1-17-10-14(8-2-3-9-14)12-6-4-11(5-7-12)13(15)16/h4-7H,2-3,8-10H2,1H3,(H,15,16). The van der Waals surface area contributed by atoms with Crippen LogP contribution in [-0.2, 0) is 10.2 Å². The third-order valence-electron chi connectivity index (χ3n) is 3.73. The maximum absolute atomic E-state index is 10.8. The fraction of sp³-hybridized carbons (Fsp3) is 0.500. The lowest BCUT2D eigenvalue weighted by atomic mass is 9.79. The minimum Gasteiger partial charge on any atom is -0.478 e. The van der Waals surface area contributed by atoms with E-state index in [0.717, 1.165) is 19.4 Å². The molecule has 0 saturated heterocycles. The summed E-state index contributed by atoms with van der Waals surface area (Å²) in [5.74, 6) is -0.872. The highest BCUT2D eigenvalue weighted by Gasteiger charge is 2.35. The van der Waals surface area contributed by atoms with Crippen molar-refractivity contribution in [3.63, 3.8) is 0 Å².